The molecule has 1 fully saturated rings. The van der Waals surface area contributed by atoms with Crippen LogP contribution in [0.15, 0.2) is 76.0 Å². The molecule has 1 aliphatic carbocycles. The van der Waals surface area contributed by atoms with E-state index in [0.29, 0.717) is 42.4 Å². The molecule has 1 saturated carbocycles. The largest absolute Gasteiger partial charge is 0.498 e. The van der Waals surface area contributed by atoms with Gasteiger partial charge in [0.05, 0.1) is 25.1 Å². The lowest BCUT2D eigenvalue weighted by Gasteiger charge is -2.36. The van der Waals surface area contributed by atoms with E-state index in [1.54, 1.807) is 18.3 Å². The fraction of sp³-hybridized carbons (Fsp3) is 0.500. The highest BCUT2D eigenvalue weighted by Crippen LogP contribution is 2.43. The number of benzene rings is 1. The average Bonchev–Trinajstić information content (AvgIpc) is 3.52. The summed E-state index contributed by atoms with van der Waals surface area (Å²) in [5.74, 6) is 3.65. The second kappa shape index (κ2) is 23.3. The third-order valence-electron chi connectivity index (χ3n) is 6.35. The lowest BCUT2D eigenvalue weighted by atomic mass is 9.73. The number of nitrogens with one attached hydrogen (secondary N) is 1. The first kappa shape index (κ1) is 38.8. The SMILES string of the molecule is C=C(Cl)/C(C=O)=C\C=C(/C)OCCCNCc1cnc([C@](O)(c2ccccc2)C2CCCCC2)o1.CBr.CC.CN. The summed E-state index contributed by atoms with van der Waals surface area (Å²) in [6, 6.07) is 9.75. The summed E-state index contributed by atoms with van der Waals surface area (Å²) in [5, 5.41) is 15.4. The van der Waals surface area contributed by atoms with Gasteiger partial charge in [-0.15, -0.1) is 0 Å². The summed E-state index contributed by atoms with van der Waals surface area (Å²) >= 11 is 8.68. The first-order chi connectivity index (χ1) is 19.9. The Kier molecular flexibility index (Phi) is 22.1. The van der Waals surface area contributed by atoms with Gasteiger partial charge in [-0.2, -0.15) is 0 Å². The molecule has 7 nitrogen and oxygen atoms in total. The number of nitrogens with zero attached hydrogens (tertiary/aromatic N) is 1. The van der Waals surface area contributed by atoms with Crippen LogP contribution in [0.5, 0.6) is 0 Å². The molecule has 2 aromatic rings. The van der Waals surface area contributed by atoms with Gasteiger partial charge in [-0.3, -0.25) is 4.79 Å². The molecule has 4 N–H and O–H groups in total. The topological polar surface area (TPSA) is 111 Å². The van der Waals surface area contributed by atoms with Crippen LogP contribution in [-0.2, 0) is 21.7 Å². The highest BCUT2D eigenvalue weighted by Gasteiger charge is 2.44. The maximum Gasteiger partial charge on any atom is 0.231 e. The monoisotopic (exact) mass is 653 g/mol. The van der Waals surface area contributed by atoms with Gasteiger partial charge in [0, 0.05) is 16.5 Å². The van der Waals surface area contributed by atoms with Crippen LogP contribution >= 0.6 is 27.5 Å². The fourth-order valence-electron chi connectivity index (χ4n) is 4.40. The van der Waals surface area contributed by atoms with Crippen molar-refractivity contribution in [2.75, 3.05) is 26.0 Å². The van der Waals surface area contributed by atoms with Gasteiger partial charge in [-0.05, 0) is 63.3 Å². The second-order valence-electron chi connectivity index (χ2n) is 8.90. The van der Waals surface area contributed by atoms with Crippen molar-refractivity contribution < 1.29 is 19.1 Å². The Hall–Kier alpha value is -2.23. The zero-order valence-corrected chi connectivity index (χ0v) is 27.6. The third kappa shape index (κ3) is 13.1. The van der Waals surface area contributed by atoms with E-state index in [1.165, 1.54) is 13.5 Å². The van der Waals surface area contributed by atoms with Gasteiger partial charge in [0.1, 0.15) is 5.76 Å². The number of halogens is 2. The maximum absolute atomic E-state index is 11.9. The van der Waals surface area contributed by atoms with Gasteiger partial charge in [0.15, 0.2) is 11.9 Å². The first-order valence-corrected chi connectivity index (χ1v) is 16.1. The minimum Gasteiger partial charge on any atom is -0.498 e. The number of aldehydes is 1. The van der Waals surface area contributed by atoms with Gasteiger partial charge in [0.25, 0.3) is 0 Å². The molecule has 0 saturated heterocycles. The molecule has 0 amide bonds. The summed E-state index contributed by atoms with van der Waals surface area (Å²) in [5.41, 5.74) is 4.44. The number of carbonyl (C=O) groups excluding carboxylic acids is 1. The van der Waals surface area contributed by atoms with Crippen molar-refractivity contribution in [3.05, 3.63) is 88.8 Å². The van der Waals surface area contributed by atoms with Gasteiger partial charge in [-0.1, -0.05) is 97.6 Å². The summed E-state index contributed by atoms with van der Waals surface area (Å²) in [4.78, 5) is 15.4. The Labute approximate surface area is 260 Å². The summed E-state index contributed by atoms with van der Waals surface area (Å²) in [6.07, 6.45) is 11.8. The quantitative estimate of drug-likeness (QED) is 0.0516. The van der Waals surface area contributed by atoms with Crippen LogP contribution in [0.2, 0.25) is 0 Å². The van der Waals surface area contributed by atoms with Gasteiger partial charge < -0.3 is 25.3 Å². The van der Waals surface area contributed by atoms with Gasteiger partial charge >= 0.3 is 0 Å². The Balaban J connectivity index is 0.00000250. The van der Waals surface area contributed by atoms with E-state index < -0.39 is 5.60 Å². The number of alkyl halides is 1. The van der Waals surface area contributed by atoms with Crippen LogP contribution in [0.3, 0.4) is 0 Å². The predicted molar refractivity (Wildman–Crippen MR) is 174 cm³/mol. The summed E-state index contributed by atoms with van der Waals surface area (Å²) in [6.45, 7) is 11.1. The number of aliphatic hydroxyl groups is 1. The zero-order valence-electron chi connectivity index (χ0n) is 25.3. The molecule has 3 rings (SSSR count). The minimum atomic E-state index is -1.22. The maximum atomic E-state index is 11.9. The molecule has 9 heteroatoms. The van der Waals surface area contributed by atoms with Crippen molar-refractivity contribution in [1.82, 2.24) is 10.3 Å². The normalized spacial score (nSPS) is 15.0. The Morgan fingerprint density at radius 2 is 1.85 bits per heavy atom. The zero-order chi connectivity index (χ0) is 31.1. The van der Waals surface area contributed by atoms with Gasteiger partial charge in [-0.25, -0.2) is 4.98 Å². The standard InChI is InChI=1S/C28H35ClN2O4.C2H6.CH3Br.CH5N/c1-21(14-15-23(20-32)22(2)29)34-17-9-16-30-18-26-19-31-27(35-26)28(33,24-10-5-3-6-11-24)25-12-7-4-8-13-25;3*1-2/h3,5-6,10-11,14-15,19-20,25,30,33H,2,4,7-9,12-13,16-18H2,1H3;1-2H3;1H3;2H2,1H3/b21-14+,23-15-;;;/t28-;;;/m0.../s1. The molecule has 1 atom stereocenters. The number of oxazole rings is 1. The molecule has 0 radical (unpaired) electrons. The molecule has 1 heterocycles. The molecular weight excluding hydrogens is 606 g/mol. The average molecular weight is 655 g/mol. The molecule has 1 aliphatic rings. The van der Waals surface area contributed by atoms with E-state index in [2.05, 4.69) is 38.5 Å². The minimum absolute atomic E-state index is 0.0894. The van der Waals surface area contributed by atoms with E-state index in [4.69, 9.17) is 20.8 Å². The van der Waals surface area contributed by atoms with Crippen molar-refractivity contribution in [2.24, 2.45) is 11.7 Å². The van der Waals surface area contributed by atoms with E-state index >= 15 is 0 Å². The number of hydrogen-bond acceptors (Lipinski definition) is 7. The first-order valence-electron chi connectivity index (χ1n) is 14.2. The van der Waals surface area contributed by atoms with E-state index in [-0.39, 0.29) is 11.0 Å². The van der Waals surface area contributed by atoms with E-state index in [0.717, 1.165) is 44.2 Å². The third-order valence-corrected chi connectivity index (χ3v) is 6.57. The molecule has 0 spiro atoms. The number of allylic oxidation sites excluding steroid dienone is 5. The Morgan fingerprint density at radius 3 is 2.44 bits per heavy atom. The molecule has 0 aliphatic heterocycles. The van der Waals surface area contributed by atoms with Crippen LogP contribution in [0.4, 0.5) is 0 Å². The van der Waals surface area contributed by atoms with Crippen molar-refractivity contribution in [2.45, 2.75) is 71.4 Å². The van der Waals surface area contributed by atoms with Crippen LogP contribution < -0.4 is 11.1 Å². The van der Waals surface area contributed by atoms with Crippen LogP contribution in [0.1, 0.15) is 76.5 Å². The molecule has 0 unspecified atom stereocenters. The van der Waals surface area contributed by atoms with E-state index in [1.807, 2.05) is 56.9 Å². The van der Waals surface area contributed by atoms with Crippen LogP contribution in [-0.4, -0.2) is 42.4 Å². The lowest BCUT2D eigenvalue weighted by Crippen LogP contribution is -2.38. The molecule has 1 aromatic heterocycles. The van der Waals surface area contributed by atoms with Crippen LogP contribution in [0, 0.1) is 5.92 Å². The molecule has 1 aromatic carbocycles. The lowest BCUT2D eigenvalue weighted by molar-refractivity contribution is -0.104. The molecule has 0 bridgehead atoms. The Morgan fingerprint density at radius 1 is 1.22 bits per heavy atom. The summed E-state index contributed by atoms with van der Waals surface area (Å²) < 4.78 is 11.7. The number of rotatable bonds is 13. The fourth-order valence-corrected chi connectivity index (χ4v) is 4.51. The number of ether oxygens (including phenoxy) is 1. The van der Waals surface area contributed by atoms with Crippen molar-refractivity contribution in [3.63, 3.8) is 0 Å². The second-order valence-corrected chi connectivity index (χ2v) is 9.36. The number of carbonyl (C=O) groups is 1. The highest BCUT2D eigenvalue weighted by molar-refractivity contribution is 9.08. The molecule has 41 heavy (non-hydrogen) atoms. The molecular formula is C32H49BrClN3O4. The van der Waals surface area contributed by atoms with E-state index in [9.17, 15) is 9.90 Å². The Bertz CT molecular complexity index is 1040. The molecule has 230 valence electrons. The van der Waals surface area contributed by atoms with Gasteiger partial charge in [0.2, 0.25) is 5.89 Å². The predicted octanol–water partition coefficient (Wildman–Crippen LogP) is 7.38. The number of nitrogens with two attached hydrogens (primary N) is 1. The van der Waals surface area contributed by atoms with Crippen LogP contribution in [0.25, 0.3) is 0 Å². The summed E-state index contributed by atoms with van der Waals surface area (Å²) in [7, 11) is 1.50. The number of hydrogen-bond donors (Lipinski definition) is 3. The van der Waals surface area contributed by atoms with Crippen molar-refractivity contribution in [3.8, 4) is 0 Å². The highest BCUT2D eigenvalue weighted by atomic mass is 79.9. The number of aromatic nitrogens is 1. The van der Waals surface area contributed by atoms with Crippen molar-refractivity contribution >= 4 is 33.8 Å². The smallest absolute Gasteiger partial charge is 0.231 e. The van der Waals surface area contributed by atoms with Crippen molar-refractivity contribution in [1.29, 1.82) is 0 Å².